The van der Waals surface area contributed by atoms with Crippen LogP contribution in [0.1, 0.15) is 33.1 Å². The molecule has 16 heavy (non-hydrogen) atoms. The summed E-state index contributed by atoms with van der Waals surface area (Å²) < 4.78 is 0. The Morgan fingerprint density at radius 2 is 2.12 bits per heavy atom. The zero-order valence-electron chi connectivity index (χ0n) is 10.5. The summed E-state index contributed by atoms with van der Waals surface area (Å²) in [5.74, 6) is 0.463. The summed E-state index contributed by atoms with van der Waals surface area (Å²) >= 11 is 0. The number of fused-ring (bicyclic) bond motifs is 1. The number of allylic oxidation sites excluding steroid dienone is 1. The van der Waals surface area contributed by atoms with E-state index in [1.54, 1.807) is 0 Å². The molecule has 0 spiro atoms. The van der Waals surface area contributed by atoms with Gasteiger partial charge in [0, 0.05) is 30.1 Å². The normalized spacial score (nSPS) is 37.3. The van der Waals surface area contributed by atoms with Gasteiger partial charge in [0.05, 0.1) is 0 Å². The van der Waals surface area contributed by atoms with E-state index in [4.69, 9.17) is 5.73 Å². The monoisotopic (exact) mass is 222 g/mol. The minimum absolute atomic E-state index is 0.0693. The smallest absolute Gasteiger partial charge is 0.220 e. The second-order valence-corrected chi connectivity index (χ2v) is 5.87. The van der Waals surface area contributed by atoms with Crippen LogP contribution >= 0.6 is 0 Å². The molecule has 2 rings (SSSR count). The SMILES string of the molecule is C=C1N(C)C2CCC(C(N)=O)CC2C1(C)C. The molecule has 0 aromatic carbocycles. The zero-order valence-corrected chi connectivity index (χ0v) is 10.5. The fourth-order valence-electron chi connectivity index (χ4n) is 3.52. The lowest BCUT2D eigenvalue weighted by atomic mass is 9.68. The van der Waals surface area contributed by atoms with Crippen molar-refractivity contribution in [2.45, 2.75) is 39.2 Å². The maximum absolute atomic E-state index is 11.3. The predicted molar refractivity (Wildman–Crippen MR) is 64.5 cm³/mol. The highest BCUT2D eigenvalue weighted by Gasteiger charge is 2.50. The summed E-state index contributed by atoms with van der Waals surface area (Å²) in [6.07, 6.45) is 2.93. The Balaban J connectivity index is 2.24. The van der Waals surface area contributed by atoms with Crippen LogP contribution in [-0.2, 0) is 4.79 Å². The maximum Gasteiger partial charge on any atom is 0.220 e. The molecule has 1 saturated carbocycles. The maximum atomic E-state index is 11.3. The van der Waals surface area contributed by atoms with E-state index in [9.17, 15) is 4.79 Å². The van der Waals surface area contributed by atoms with Gasteiger partial charge in [-0.15, -0.1) is 0 Å². The Bertz CT molecular complexity index is 335. The number of carbonyl (C=O) groups is 1. The molecule has 3 nitrogen and oxygen atoms in total. The van der Waals surface area contributed by atoms with Crippen LogP contribution in [0.25, 0.3) is 0 Å². The molecule has 1 aliphatic heterocycles. The van der Waals surface area contributed by atoms with Gasteiger partial charge in [0.25, 0.3) is 0 Å². The van der Waals surface area contributed by atoms with Crippen molar-refractivity contribution in [2.24, 2.45) is 23.0 Å². The number of amides is 1. The highest BCUT2D eigenvalue weighted by molar-refractivity contribution is 5.76. The molecule has 90 valence electrons. The van der Waals surface area contributed by atoms with E-state index < -0.39 is 0 Å². The Labute approximate surface area is 97.7 Å². The summed E-state index contributed by atoms with van der Waals surface area (Å²) in [6.45, 7) is 8.66. The van der Waals surface area contributed by atoms with Crippen molar-refractivity contribution < 1.29 is 4.79 Å². The first-order chi connectivity index (χ1) is 7.35. The summed E-state index contributed by atoms with van der Waals surface area (Å²) in [7, 11) is 2.12. The Morgan fingerprint density at radius 1 is 1.50 bits per heavy atom. The van der Waals surface area contributed by atoms with Gasteiger partial charge in [-0.2, -0.15) is 0 Å². The number of hydrogen-bond donors (Lipinski definition) is 1. The summed E-state index contributed by atoms with van der Waals surface area (Å²) in [4.78, 5) is 13.6. The largest absolute Gasteiger partial charge is 0.375 e. The van der Waals surface area contributed by atoms with Crippen LogP contribution in [0.3, 0.4) is 0 Å². The molecule has 2 fully saturated rings. The van der Waals surface area contributed by atoms with Crippen molar-refractivity contribution in [3.05, 3.63) is 12.3 Å². The number of rotatable bonds is 1. The van der Waals surface area contributed by atoms with Gasteiger partial charge in [0.15, 0.2) is 0 Å². The quantitative estimate of drug-likeness (QED) is 0.734. The van der Waals surface area contributed by atoms with Crippen LogP contribution in [0.4, 0.5) is 0 Å². The Kier molecular flexibility index (Phi) is 2.52. The first-order valence-electron chi connectivity index (χ1n) is 6.07. The fraction of sp³-hybridized carbons (Fsp3) is 0.769. The third-order valence-corrected chi connectivity index (χ3v) is 4.81. The molecule has 0 aromatic heterocycles. The molecule has 2 N–H and O–H groups in total. The molecule has 0 aromatic rings. The average Bonchev–Trinajstić information content (AvgIpc) is 2.40. The van der Waals surface area contributed by atoms with E-state index in [2.05, 4.69) is 32.4 Å². The zero-order chi connectivity index (χ0) is 12.1. The van der Waals surface area contributed by atoms with E-state index >= 15 is 0 Å². The standard InChI is InChI=1S/C13H22N2O/c1-8-13(2,3)10-7-9(12(14)16)5-6-11(10)15(8)4/h9-11H,1,5-7H2,2-4H3,(H2,14,16). The van der Waals surface area contributed by atoms with Gasteiger partial charge in [-0.05, 0) is 25.2 Å². The summed E-state index contributed by atoms with van der Waals surface area (Å²) in [6, 6.07) is 0.554. The number of primary amides is 1. The molecular formula is C13H22N2O. The molecule has 0 radical (unpaired) electrons. The van der Waals surface area contributed by atoms with Crippen molar-refractivity contribution in [3.8, 4) is 0 Å². The highest BCUT2D eigenvalue weighted by atomic mass is 16.1. The molecule has 3 atom stereocenters. The third kappa shape index (κ3) is 1.45. The van der Waals surface area contributed by atoms with E-state index in [-0.39, 0.29) is 17.2 Å². The molecule has 3 heteroatoms. The topological polar surface area (TPSA) is 46.3 Å². The van der Waals surface area contributed by atoms with Gasteiger partial charge in [-0.25, -0.2) is 0 Å². The van der Waals surface area contributed by atoms with Crippen LogP contribution in [0.15, 0.2) is 12.3 Å². The molecule has 1 amide bonds. The number of hydrogen-bond acceptors (Lipinski definition) is 2. The second-order valence-electron chi connectivity index (χ2n) is 5.87. The number of carbonyl (C=O) groups excluding carboxylic acids is 1. The minimum atomic E-state index is -0.130. The van der Waals surface area contributed by atoms with Gasteiger partial charge >= 0.3 is 0 Å². The van der Waals surface area contributed by atoms with Crippen LogP contribution in [-0.4, -0.2) is 23.9 Å². The molecule has 2 aliphatic rings. The predicted octanol–water partition coefficient (Wildman–Crippen LogP) is 1.74. The second kappa shape index (κ2) is 3.51. The third-order valence-electron chi connectivity index (χ3n) is 4.81. The number of nitrogens with two attached hydrogens (primary N) is 1. The number of likely N-dealkylation sites (tertiary alicyclic amines) is 1. The van der Waals surface area contributed by atoms with Crippen molar-refractivity contribution >= 4 is 5.91 Å². The van der Waals surface area contributed by atoms with Crippen LogP contribution < -0.4 is 5.73 Å². The molecular weight excluding hydrogens is 200 g/mol. The van der Waals surface area contributed by atoms with E-state index in [1.165, 1.54) is 5.70 Å². The summed E-state index contributed by atoms with van der Waals surface area (Å²) in [5.41, 5.74) is 6.74. The fourth-order valence-corrected chi connectivity index (χ4v) is 3.52. The lowest BCUT2D eigenvalue weighted by Gasteiger charge is -2.36. The van der Waals surface area contributed by atoms with Crippen molar-refractivity contribution in [1.29, 1.82) is 0 Å². The van der Waals surface area contributed by atoms with Gasteiger partial charge in [0.2, 0.25) is 5.91 Å². The lowest BCUT2D eigenvalue weighted by Crippen LogP contribution is -2.40. The highest BCUT2D eigenvalue weighted by Crippen LogP contribution is 2.52. The van der Waals surface area contributed by atoms with Gasteiger partial charge in [-0.1, -0.05) is 20.4 Å². The molecule has 1 saturated heterocycles. The van der Waals surface area contributed by atoms with E-state index in [0.717, 1.165) is 19.3 Å². The van der Waals surface area contributed by atoms with E-state index in [0.29, 0.717) is 12.0 Å². The molecule has 3 unspecified atom stereocenters. The van der Waals surface area contributed by atoms with E-state index in [1.807, 2.05) is 0 Å². The molecule has 1 aliphatic carbocycles. The average molecular weight is 222 g/mol. The van der Waals surface area contributed by atoms with Crippen LogP contribution in [0.5, 0.6) is 0 Å². The van der Waals surface area contributed by atoms with Gasteiger partial charge in [-0.3, -0.25) is 4.79 Å². The lowest BCUT2D eigenvalue weighted by molar-refractivity contribution is -0.123. The summed E-state index contributed by atoms with van der Waals surface area (Å²) in [5, 5.41) is 0. The first kappa shape index (κ1) is 11.5. The van der Waals surface area contributed by atoms with Crippen molar-refractivity contribution in [1.82, 2.24) is 4.90 Å². The van der Waals surface area contributed by atoms with Crippen LogP contribution in [0, 0.1) is 17.3 Å². The first-order valence-corrected chi connectivity index (χ1v) is 6.07. The van der Waals surface area contributed by atoms with Crippen molar-refractivity contribution in [3.63, 3.8) is 0 Å². The molecule has 1 heterocycles. The van der Waals surface area contributed by atoms with Crippen LogP contribution in [0.2, 0.25) is 0 Å². The van der Waals surface area contributed by atoms with Gasteiger partial charge < -0.3 is 10.6 Å². The minimum Gasteiger partial charge on any atom is -0.375 e. The van der Waals surface area contributed by atoms with Crippen molar-refractivity contribution in [2.75, 3.05) is 7.05 Å². The Morgan fingerprint density at radius 3 is 2.69 bits per heavy atom. The molecule has 0 bridgehead atoms. The van der Waals surface area contributed by atoms with Gasteiger partial charge in [0.1, 0.15) is 0 Å². The Hall–Kier alpha value is -0.990. The number of nitrogens with zero attached hydrogens (tertiary/aromatic N) is 1.